The lowest BCUT2D eigenvalue weighted by Gasteiger charge is -2.09. The summed E-state index contributed by atoms with van der Waals surface area (Å²) in [4.78, 5) is 3.70. The summed E-state index contributed by atoms with van der Waals surface area (Å²) < 4.78 is 33.3. The molecular weight excluding hydrogens is 302 g/mol. The van der Waals surface area contributed by atoms with Gasteiger partial charge < -0.3 is 9.47 Å². The molecule has 0 atom stereocenters. The van der Waals surface area contributed by atoms with Gasteiger partial charge in [-0.25, -0.2) is 13.4 Å². The molecule has 1 heterocycles. The van der Waals surface area contributed by atoms with Crippen molar-refractivity contribution in [1.82, 2.24) is 4.98 Å². The van der Waals surface area contributed by atoms with Crippen LogP contribution in [-0.2, 0) is 9.05 Å². The molecule has 5 nitrogen and oxygen atoms in total. The zero-order valence-corrected chi connectivity index (χ0v) is 12.0. The number of hydrogen-bond donors (Lipinski definition) is 0. The minimum Gasteiger partial charge on any atom is -0.490 e. The molecule has 0 aliphatic carbocycles. The second-order valence-electron chi connectivity index (χ2n) is 3.75. The fourth-order valence-corrected chi connectivity index (χ4v) is 2.40. The molecule has 106 valence electrons. The van der Waals surface area contributed by atoms with Crippen LogP contribution in [0.2, 0.25) is 0 Å². The summed E-state index contributed by atoms with van der Waals surface area (Å²) in [5.41, 5.74) is 0. The zero-order chi connectivity index (χ0) is 14.4. The predicted octanol–water partition coefficient (Wildman–Crippen LogP) is 2.47. The number of halogens is 1. The van der Waals surface area contributed by atoms with Crippen molar-refractivity contribution in [2.75, 3.05) is 13.2 Å². The lowest BCUT2D eigenvalue weighted by molar-refractivity contribution is 0.208. The van der Waals surface area contributed by atoms with E-state index in [2.05, 4.69) is 4.98 Å². The Kier molecular flexibility index (Phi) is 4.81. The molecule has 2 aromatic rings. The van der Waals surface area contributed by atoms with Crippen LogP contribution in [0.25, 0.3) is 0 Å². The van der Waals surface area contributed by atoms with E-state index < -0.39 is 9.05 Å². The fraction of sp³-hybridized carbons (Fsp3) is 0.154. The number of para-hydroxylation sites is 1. The van der Waals surface area contributed by atoms with Gasteiger partial charge in [-0.1, -0.05) is 18.2 Å². The highest BCUT2D eigenvalue weighted by atomic mass is 35.7. The number of nitrogens with zero attached hydrogens (tertiary/aromatic N) is 1. The molecule has 0 N–H and O–H groups in total. The standard InChI is InChI=1S/C13H12ClNO4S/c14-20(16,17)12-7-4-8-15-13(12)19-10-9-18-11-5-2-1-3-6-11/h1-8H,9-10H2. The number of rotatable bonds is 6. The van der Waals surface area contributed by atoms with Crippen LogP contribution in [0, 0.1) is 0 Å². The lowest BCUT2D eigenvalue weighted by atomic mass is 10.3. The summed E-state index contributed by atoms with van der Waals surface area (Å²) in [5, 5.41) is 0. The van der Waals surface area contributed by atoms with Crippen LogP contribution in [0.1, 0.15) is 0 Å². The quantitative estimate of drug-likeness (QED) is 0.605. The molecule has 0 fully saturated rings. The average molecular weight is 314 g/mol. The minimum atomic E-state index is -3.88. The van der Waals surface area contributed by atoms with E-state index in [0.717, 1.165) is 0 Å². The van der Waals surface area contributed by atoms with Crippen molar-refractivity contribution >= 4 is 19.7 Å². The van der Waals surface area contributed by atoms with Crippen LogP contribution >= 0.6 is 10.7 Å². The maximum Gasteiger partial charge on any atom is 0.266 e. The molecule has 0 radical (unpaired) electrons. The third-order valence-corrected chi connectivity index (χ3v) is 3.67. The number of benzene rings is 1. The SMILES string of the molecule is O=S(=O)(Cl)c1cccnc1OCCOc1ccccc1. The second kappa shape index (κ2) is 6.58. The van der Waals surface area contributed by atoms with Crippen molar-refractivity contribution < 1.29 is 17.9 Å². The molecule has 0 bridgehead atoms. The molecule has 0 saturated carbocycles. The molecule has 1 aromatic heterocycles. The first-order valence-electron chi connectivity index (χ1n) is 5.78. The topological polar surface area (TPSA) is 65.5 Å². The molecular formula is C13H12ClNO4S. The Balaban J connectivity index is 1.92. The monoisotopic (exact) mass is 313 g/mol. The van der Waals surface area contributed by atoms with Crippen LogP contribution in [0.5, 0.6) is 11.6 Å². The molecule has 0 amide bonds. The summed E-state index contributed by atoms with van der Waals surface area (Å²) in [7, 11) is 1.41. The normalized spacial score (nSPS) is 11.1. The average Bonchev–Trinajstić information content (AvgIpc) is 2.44. The van der Waals surface area contributed by atoms with Crippen molar-refractivity contribution in [3.63, 3.8) is 0 Å². The Labute approximate surface area is 121 Å². The number of pyridine rings is 1. The summed E-state index contributed by atoms with van der Waals surface area (Å²) in [5.74, 6) is 0.682. The van der Waals surface area contributed by atoms with Gasteiger partial charge in [-0.15, -0.1) is 0 Å². The molecule has 7 heteroatoms. The number of ether oxygens (including phenoxy) is 2. The fourth-order valence-electron chi connectivity index (χ4n) is 1.48. The van der Waals surface area contributed by atoms with Crippen LogP contribution in [0.3, 0.4) is 0 Å². The summed E-state index contributed by atoms with van der Waals surface area (Å²) >= 11 is 0. The predicted molar refractivity (Wildman–Crippen MR) is 74.7 cm³/mol. The Bertz CT molecular complexity index is 661. The van der Waals surface area contributed by atoms with E-state index in [1.54, 1.807) is 0 Å². The molecule has 0 unspecified atom stereocenters. The maximum atomic E-state index is 11.3. The largest absolute Gasteiger partial charge is 0.490 e. The third-order valence-electron chi connectivity index (χ3n) is 2.33. The van der Waals surface area contributed by atoms with E-state index in [4.69, 9.17) is 20.2 Å². The first kappa shape index (κ1) is 14.6. The van der Waals surface area contributed by atoms with Crippen LogP contribution < -0.4 is 9.47 Å². The van der Waals surface area contributed by atoms with Crippen molar-refractivity contribution in [1.29, 1.82) is 0 Å². The molecule has 1 aromatic carbocycles. The van der Waals surface area contributed by atoms with Gasteiger partial charge in [0.15, 0.2) is 0 Å². The Morgan fingerprint density at radius 3 is 2.40 bits per heavy atom. The van der Waals surface area contributed by atoms with Crippen LogP contribution in [-0.4, -0.2) is 26.6 Å². The molecule has 0 aliphatic rings. The van der Waals surface area contributed by atoms with E-state index in [1.165, 1.54) is 18.3 Å². The summed E-state index contributed by atoms with van der Waals surface area (Å²) in [6, 6.07) is 12.0. The maximum absolute atomic E-state index is 11.3. The van der Waals surface area contributed by atoms with E-state index in [1.807, 2.05) is 30.3 Å². The lowest BCUT2D eigenvalue weighted by Crippen LogP contribution is -2.11. The van der Waals surface area contributed by atoms with E-state index >= 15 is 0 Å². The smallest absolute Gasteiger partial charge is 0.266 e. The van der Waals surface area contributed by atoms with Crippen LogP contribution in [0.15, 0.2) is 53.6 Å². The minimum absolute atomic E-state index is 0.0286. The first-order chi connectivity index (χ1) is 9.57. The van der Waals surface area contributed by atoms with Gasteiger partial charge in [0.25, 0.3) is 9.05 Å². The van der Waals surface area contributed by atoms with Gasteiger partial charge >= 0.3 is 0 Å². The van der Waals surface area contributed by atoms with Gasteiger partial charge in [0.05, 0.1) is 0 Å². The Morgan fingerprint density at radius 1 is 1.00 bits per heavy atom. The van der Waals surface area contributed by atoms with Gasteiger partial charge in [-0.3, -0.25) is 0 Å². The number of aromatic nitrogens is 1. The zero-order valence-electron chi connectivity index (χ0n) is 10.4. The van der Waals surface area contributed by atoms with Crippen LogP contribution in [0.4, 0.5) is 0 Å². The first-order valence-corrected chi connectivity index (χ1v) is 8.08. The Morgan fingerprint density at radius 2 is 1.70 bits per heavy atom. The molecule has 0 saturated heterocycles. The highest BCUT2D eigenvalue weighted by molar-refractivity contribution is 8.13. The highest BCUT2D eigenvalue weighted by Gasteiger charge is 2.17. The number of hydrogen-bond acceptors (Lipinski definition) is 5. The van der Waals surface area contributed by atoms with E-state index in [0.29, 0.717) is 5.75 Å². The van der Waals surface area contributed by atoms with Crippen molar-refractivity contribution in [2.24, 2.45) is 0 Å². The van der Waals surface area contributed by atoms with Gasteiger partial charge in [0, 0.05) is 16.9 Å². The van der Waals surface area contributed by atoms with E-state index in [9.17, 15) is 8.42 Å². The van der Waals surface area contributed by atoms with Gasteiger partial charge in [0.2, 0.25) is 5.88 Å². The van der Waals surface area contributed by atoms with Crippen molar-refractivity contribution in [3.8, 4) is 11.6 Å². The highest BCUT2D eigenvalue weighted by Crippen LogP contribution is 2.23. The summed E-state index contributed by atoms with van der Waals surface area (Å²) in [6.07, 6.45) is 1.43. The molecule has 20 heavy (non-hydrogen) atoms. The molecule has 0 spiro atoms. The Hall–Kier alpha value is -1.79. The third kappa shape index (κ3) is 4.11. The van der Waals surface area contributed by atoms with Gasteiger partial charge in [-0.05, 0) is 24.3 Å². The summed E-state index contributed by atoms with van der Waals surface area (Å²) in [6.45, 7) is 0.424. The molecule has 2 rings (SSSR count). The second-order valence-corrected chi connectivity index (χ2v) is 6.29. The van der Waals surface area contributed by atoms with E-state index in [-0.39, 0.29) is 24.0 Å². The molecule has 0 aliphatic heterocycles. The van der Waals surface area contributed by atoms with Gasteiger partial charge in [-0.2, -0.15) is 0 Å². The van der Waals surface area contributed by atoms with Crippen molar-refractivity contribution in [2.45, 2.75) is 4.90 Å². The van der Waals surface area contributed by atoms with Crippen molar-refractivity contribution in [3.05, 3.63) is 48.7 Å². The van der Waals surface area contributed by atoms with Gasteiger partial charge in [0.1, 0.15) is 23.9 Å².